The molecule has 0 aliphatic rings. The lowest BCUT2D eigenvalue weighted by Gasteiger charge is -2.11. The summed E-state index contributed by atoms with van der Waals surface area (Å²) in [5.74, 6) is 0.429. The third-order valence-electron chi connectivity index (χ3n) is 2.78. The van der Waals surface area contributed by atoms with Gasteiger partial charge >= 0.3 is 0 Å². The number of aromatic nitrogens is 3. The number of nitrogens with zero attached hydrogens (tertiary/aromatic N) is 3. The summed E-state index contributed by atoms with van der Waals surface area (Å²) in [7, 11) is 0. The molecule has 0 aromatic carbocycles. The molecule has 0 radical (unpaired) electrons. The highest BCUT2D eigenvalue weighted by Crippen LogP contribution is 2.14. The first kappa shape index (κ1) is 14.0. The van der Waals surface area contributed by atoms with Gasteiger partial charge in [0.2, 0.25) is 0 Å². The van der Waals surface area contributed by atoms with Crippen molar-refractivity contribution < 1.29 is 4.79 Å². The average molecular weight is 273 g/mol. The summed E-state index contributed by atoms with van der Waals surface area (Å²) in [6, 6.07) is 5.49. The summed E-state index contributed by atoms with van der Waals surface area (Å²) in [6.45, 7) is 6.84. The normalized spacial score (nSPS) is 10.6. The number of carbonyl (C=O) groups is 1. The SMILES string of the molecule is CCNc1ccc(C(=O)Nc2ccnn2C(C)C)nc1. The Kier molecular flexibility index (Phi) is 4.34. The molecule has 2 aromatic heterocycles. The van der Waals surface area contributed by atoms with Gasteiger partial charge in [-0.15, -0.1) is 0 Å². The third kappa shape index (κ3) is 3.14. The van der Waals surface area contributed by atoms with Gasteiger partial charge in [-0.05, 0) is 32.9 Å². The van der Waals surface area contributed by atoms with Gasteiger partial charge < -0.3 is 10.6 Å². The van der Waals surface area contributed by atoms with E-state index in [1.54, 1.807) is 29.2 Å². The molecule has 6 heteroatoms. The fourth-order valence-corrected chi connectivity index (χ4v) is 1.84. The number of anilines is 2. The van der Waals surface area contributed by atoms with E-state index < -0.39 is 0 Å². The first-order valence-electron chi connectivity index (χ1n) is 6.66. The van der Waals surface area contributed by atoms with E-state index in [1.165, 1.54) is 0 Å². The van der Waals surface area contributed by atoms with E-state index in [2.05, 4.69) is 20.7 Å². The molecule has 0 saturated carbocycles. The Morgan fingerprint density at radius 3 is 2.75 bits per heavy atom. The monoisotopic (exact) mass is 273 g/mol. The molecule has 0 unspecified atom stereocenters. The minimum absolute atomic E-state index is 0.185. The van der Waals surface area contributed by atoms with Crippen LogP contribution in [0.3, 0.4) is 0 Å². The van der Waals surface area contributed by atoms with Crippen LogP contribution in [0.1, 0.15) is 37.3 Å². The molecule has 2 aromatic rings. The van der Waals surface area contributed by atoms with Crippen LogP contribution < -0.4 is 10.6 Å². The highest BCUT2D eigenvalue weighted by molar-refractivity contribution is 6.02. The van der Waals surface area contributed by atoms with Crippen molar-refractivity contribution in [3.63, 3.8) is 0 Å². The van der Waals surface area contributed by atoms with Gasteiger partial charge in [-0.3, -0.25) is 4.79 Å². The van der Waals surface area contributed by atoms with Crippen molar-refractivity contribution in [3.8, 4) is 0 Å². The Morgan fingerprint density at radius 1 is 1.35 bits per heavy atom. The maximum atomic E-state index is 12.1. The quantitative estimate of drug-likeness (QED) is 0.878. The van der Waals surface area contributed by atoms with E-state index in [-0.39, 0.29) is 11.9 Å². The van der Waals surface area contributed by atoms with E-state index in [0.717, 1.165) is 12.2 Å². The van der Waals surface area contributed by atoms with Crippen LogP contribution in [0.4, 0.5) is 11.5 Å². The highest BCUT2D eigenvalue weighted by atomic mass is 16.2. The molecule has 6 nitrogen and oxygen atoms in total. The predicted molar refractivity (Wildman–Crippen MR) is 79.0 cm³/mol. The first-order chi connectivity index (χ1) is 9.61. The fourth-order valence-electron chi connectivity index (χ4n) is 1.84. The maximum absolute atomic E-state index is 12.1. The van der Waals surface area contributed by atoms with Crippen molar-refractivity contribution >= 4 is 17.4 Å². The molecule has 2 rings (SSSR count). The smallest absolute Gasteiger partial charge is 0.275 e. The van der Waals surface area contributed by atoms with Crippen molar-refractivity contribution in [1.82, 2.24) is 14.8 Å². The van der Waals surface area contributed by atoms with Crippen molar-refractivity contribution in [2.24, 2.45) is 0 Å². The average Bonchev–Trinajstić information content (AvgIpc) is 2.88. The highest BCUT2D eigenvalue weighted by Gasteiger charge is 2.12. The Hall–Kier alpha value is -2.37. The Balaban J connectivity index is 2.09. The van der Waals surface area contributed by atoms with Crippen LogP contribution in [0.15, 0.2) is 30.6 Å². The molecule has 0 aliphatic heterocycles. The zero-order valence-corrected chi connectivity index (χ0v) is 11.9. The number of rotatable bonds is 5. The Morgan fingerprint density at radius 2 is 2.15 bits per heavy atom. The third-order valence-corrected chi connectivity index (χ3v) is 2.78. The zero-order valence-electron chi connectivity index (χ0n) is 11.9. The molecular formula is C14H19N5O. The van der Waals surface area contributed by atoms with Crippen LogP contribution in [-0.4, -0.2) is 27.2 Å². The minimum Gasteiger partial charge on any atom is -0.384 e. The zero-order chi connectivity index (χ0) is 14.5. The second-order valence-electron chi connectivity index (χ2n) is 4.67. The number of amides is 1. The van der Waals surface area contributed by atoms with Gasteiger partial charge in [0.25, 0.3) is 5.91 Å². The second-order valence-corrected chi connectivity index (χ2v) is 4.67. The van der Waals surface area contributed by atoms with Crippen molar-refractivity contribution in [1.29, 1.82) is 0 Å². The molecule has 2 N–H and O–H groups in total. The number of hydrogen-bond donors (Lipinski definition) is 2. The molecule has 106 valence electrons. The van der Waals surface area contributed by atoms with Crippen LogP contribution >= 0.6 is 0 Å². The van der Waals surface area contributed by atoms with Crippen LogP contribution in [0.2, 0.25) is 0 Å². The maximum Gasteiger partial charge on any atom is 0.275 e. The first-order valence-corrected chi connectivity index (χ1v) is 6.66. The largest absolute Gasteiger partial charge is 0.384 e. The summed E-state index contributed by atoms with van der Waals surface area (Å²) < 4.78 is 1.75. The lowest BCUT2D eigenvalue weighted by atomic mass is 10.3. The topological polar surface area (TPSA) is 71.8 Å². The molecule has 0 saturated heterocycles. The Bertz CT molecular complexity index is 574. The molecule has 20 heavy (non-hydrogen) atoms. The van der Waals surface area contributed by atoms with Crippen LogP contribution in [0, 0.1) is 0 Å². The van der Waals surface area contributed by atoms with E-state index in [0.29, 0.717) is 11.5 Å². The van der Waals surface area contributed by atoms with Gasteiger partial charge in [-0.25, -0.2) is 9.67 Å². The van der Waals surface area contributed by atoms with Crippen molar-refractivity contribution in [2.45, 2.75) is 26.8 Å². The lowest BCUT2D eigenvalue weighted by molar-refractivity contribution is 0.102. The molecule has 0 atom stereocenters. The van der Waals surface area contributed by atoms with E-state index in [1.807, 2.05) is 26.8 Å². The number of carbonyl (C=O) groups excluding carboxylic acids is 1. The van der Waals surface area contributed by atoms with Gasteiger partial charge in [0, 0.05) is 18.7 Å². The molecule has 0 aliphatic carbocycles. The van der Waals surface area contributed by atoms with Gasteiger partial charge in [0.05, 0.1) is 18.1 Å². The fraction of sp³-hybridized carbons (Fsp3) is 0.357. The van der Waals surface area contributed by atoms with Gasteiger partial charge in [-0.1, -0.05) is 0 Å². The predicted octanol–water partition coefficient (Wildman–Crippen LogP) is 2.54. The summed E-state index contributed by atoms with van der Waals surface area (Å²) in [6.07, 6.45) is 3.31. The minimum atomic E-state index is -0.240. The molecule has 2 heterocycles. The molecule has 0 bridgehead atoms. The van der Waals surface area contributed by atoms with E-state index >= 15 is 0 Å². The van der Waals surface area contributed by atoms with E-state index in [4.69, 9.17) is 0 Å². The summed E-state index contributed by atoms with van der Waals surface area (Å²) in [5.41, 5.74) is 1.28. The number of pyridine rings is 1. The lowest BCUT2D eigenvalue weighted by Crippen LogP contribution is -2.17. The van der Waals surface area contributed by atoms with Crippen LogP contribution in [0.25, 0.3) is 0 Å². The summed E-state index contributed by atoms with van der Waals surface area (Å²) >= 11 is 0. The molecule has 1 amide bonds. The van der Waals surface area contributed by atoms with Crippen LogP contribution in [0.5, 0.6) is 0 Å². The molecule has 0 fully saturated rings. The van der Waals surface area contributed by atoms with Crippen molar-refractivity contribution in [3.05, 3.63) is 36.3 Å². The van der Waals surface area contributed by atoms with Gasteiger partial charge in [0.1, 0.15) is 11.5 Å². The van der Waals surface area contributed by atoms with Crippen LogP contribution in [-0.2, 0) is 0 Å². The standard InChI is InChI=1S/C14H19N5O/c1-4-15-11-5-6-12(16-9-11)14(20)18-13-7-8-17-19(13)10(2)3/h5-10,15H,4H2,1-3H3,(H,18,20). The van der Waals surface area contributed by atoms with Gasteiger partial charge in [-0.2, -0.15) is 5.10 Å². The number of nitrogens with one attached hydrogen (secondary N) is 2. The second kappa shape index (κ2) is 6.18. The summed E-state index contributed by atoms with van der Waals surface area (Å²) in [4.78, 5) is 16.3. The number of hydrogen-bond acceptors (Lipinski definition) is 4. The van der Waals surface area contributed by atoms with Crippen molar-refractivity contribution in [2.75, 3.05) is 17.2 Å². The molecule has 0 spiro atoms. The van der Waals surface area contributed by atoms with E-state index in [9.17, 15) is 4.79 Å². The Labute approximate surface area is 118 Å². The molecular weight excluding hydrogens is 254 g/mol. The summed E-state index contributed by atoms with van der Waals surface area (Å²) in [5, 5.41) is 10.1. The van der Waals surface area contributed by atoms with Gasteiger partial charge in [0.15, 0.2) is 0 Å².